The molecule has 5 nitrogen and oxygen atoms in total. The highest BCUT2D eigenvalue weighted by Crippen LogP contribution is 2.33. The quantitative estimate of drug-likeness (QED) is 0.855. The third-order valence-corrected chi connectivity index (χ3v) is 5.28. The molecule has 0 aliphatic carbocycles. The Labute approximate surface area is 132 Å². The zero-order valence-electron chi connectivity index (χ0n) is 13.6. The molecular formula is C17H26N4O. The maximum Gasteiger partial charge on any atom is 0.225 e. The van der Waals surface area contributed by atoms with Crippen LogP contribution in [0.15, 0.2) is 18.5 Å². The van der Waals surface area contributed by atoms with E-state index in [-0.39, 0.29) is 5.92 Å². The Morgan fingerprint density at radius 2 is 1.86 bits per heavy atom. The first-order valence-electron chi connectivity index (χ1n) is 8.53. The van der Waals surface area contributed by atoms with E-state index in [4.69, 9.17) is 0 Å². The second-order valence-electron chi connectivity index (χ2n) is 6.56. The SMILES string of the molecule is CCC(CC)C(=O)N1C[C@@H]2CCN(c3ncccn3)C[C@@H]2C1. The summed E-state index contributed by atoms with van der Waals surface area (Å²) in [6.07, 6.45) is 6.63. The number of anilines is 1. The van der Waals surface area contributed by atoms with E-state index in [2.05, 4.69) is 33.6 Å². The molecule has 1 amide bonds. The summed E-state index contributed by atoms with van der Waals surface area (Å²) in [6, 6.07) is 1.85. The van der Waals surface area contributed by atoms with Crippen molar-refractivity contribution in [1.82, 2.24) is 14.9 Å². The molecule has 2 aliphatic heterocycles. The Morgan fingerprint density at radius 1 is 1.18 bits per heavy atom. The number of hydrogen-bond acceptors (Lipinski definition) is 4. The van der Waals surface area contributed by atoms with Crippen LogP contribution in [0.1, 0.15) is 33.1 Å². The lowest BCUT2D eigenvalue weighted by Gasteiger charge is -2.34. The summed E-state index contributed by atoms with van der Waals surface area (Å²) in [5, 5.41) is 0. The zero-order chi connectivity index (χ0) is 15.5. The van der Waals surface area contributed by atoms with Gasteiger partial charge in [-0.25, -0.2) is 9.97 Å². The third-order valence-electron chi connectivity index (χ3n) is 5.28. The molecule has 0 bridgehead atoms. The number of carbonyl (C=O) groups is 1. The summed E-state index contributed by atoms with van der Waals surface area (Å²) >= 11 is 0. The van der Waals surface area contributed by atoms with Gasteiger partial charge >= 0.3 is 0 Å². The molecule has 2 atom stereocenters. The normalized spacial score (nSPS) is 24.7. The first-order valence-corrected chi connectivity index (χ1v) is 8.53. The Morgan fingerprint density at radius 3 is 2.55 bits per heavy atom. The van der Waals surface area contributed by atoms with Gasteiger partial charge in [-0.2, -0.15) is 0 Å². The van der Waals surface area contributed by atoms with Crippen LogP contribution in [0.4, 0.5) is 5.95 Å². The van der Waals surface area contributed by atoms with Crippen molar-refractivity contribution in [2.75, 3.05) is 31.1 Å². The second kappa shape index (κ2) is 6.63. The molecule has 2 fully saturated rings. The summed E-state index contributed by atoms with van der Waals surface area (Å²) in [5.41, 5.74) is 0. The maximum absolute atomic E-state index is 12.6. The number of hydrogen-bond donors (Lipinski definition) is 0. The lowest BCUT2D eigenvalue weighted by molar-refractivity contribution is -0.134. The minimum absolute atomic E-state index is 0.203. The topological polar surface area (TPSA) is 49.3 Å². The Hall–Kier alpha value is -1.65. The molecule has 0 saturated carbocycles. The average Bonchev–Trinajstić information content (AvgIpc) is 2.99. The van der Waals surface area contributed by atoms with E-state index in [9.17, 15) is 4.79 Å². The van der Waals surface area contributed by atoms with Gasteiger partial charge in [-0.15, -0.1) is 0 Å². The minimum Gasteiger partial charge on any atom is -0.342 e. The summed E-state index contributed by atoms with van der Waals surface area (Å²) in [4.78, 5) is 25.7. The van der Waals surface area contributed by atoms with E-state index in [1.807, 2.05) is 6.07 Å². The van der Waals surface area contributed by atoms with Crippen molar-refractivity contribution in [1.29, 1.82) is 0 Å². The monoisotopic (exact) mass is 302 g/mol. The molecule has 0 aromatic carbocycles. The fraction of sp³-hybridized carbons (Fsp3) is 0.706. The number of rotatable bonds is 4. The lowest BCUT2D eigenvalue weighted by atomic mass is 9.89. The van der Waals surface area contributed by atoms with Gasteiger partial charge in [-0.3, -0.25) is 4.79 Å². The third kappa shape index (κ3) is 2.94. The molecule has 1 aromatic heterocycles. The van der Waals surface area contributed by atoms with Crippen LogP contribution in [0, 0.1) is 17.8 Å². The number of amides is 1. The minimum atomic E-state index is 0.203. The molecule has 22 heavy (non-hydrogen) atoms. The second-order valence-corrected chi connectivity index (χ2v) is 6.56. The summed E-state index contributed by atoms with van der Waals surface area (Å²) in [7, 11) is 0. The number of fused-ring (bicyclic) bond motifs is 1. The molecule has 3 heterocycles. The molecule has 3 rings (SSSR count). The van der Waals surface area contributed by atoms with Crippen LogP contribution < -0.4 is 4.90 Å². The molecular weight excluding hydrogens is 276 g/mol. The molecule has 2 aliphatic rings. The van der Waals surface area contributed by atoms with Crippen molar-refractivity contribution in [3.8, 4) is 0 Å². The molecule has 5 heteroatoms. The van der Waals surface area contributed by atoms with Gasteiger partial charge in [0.25, 0.3) is 0 Å². The molecule has 0 spiro atoms. The van der Waals surface area contributed by atoms with Crippen molar-refractivity contribution >= 4 is 11.9 Å². The van der Waals surface area contributed by atoms with Crippen molar-refractivity contribution < 1.29 is 4.79 Å². The highest BCUT2D eigenvalue weighted by Gasteiger charge is 2.40. The van der Waals surface area contributed by atoms with Crippen LogP contribution >= 0.6 is 0 Å². The van der Waals surface area contributed by atoms with E-state index in [0.717, 1.165) is 51.4 Å². The van der Waals surface area contributed by atoms with Gasteiger partial charge in [0.05, 0.1) is 0 Å². The molecule has 2 saturated heterocycles. The summed E-state index contributed by atoms with van der Waals surface area (Å²) in [5.74, 6) is 2.61. The number of nitrogens with zero attached hydrogens (tertiary/aromatic N) is 4. The standard InChI is InChI=1S/C17H26N4O/c1-3-13(4-2)16(22)21-10-14-6-9-20(11-15(14)12-21)17-18-7-5-8-19-17/h5,7-8,13-15H,3-4,6,9-12H2,1-2H3/t14-,15+/m0/s1. The van der Waals surface area contributed by atoms with Gasteiger partial charge < -0.3 is 9.80 Å². The zero-order valence-corrected chi connectivity index (χ0v) is 13.6. The van der Waals surface area contributed by atoms with Crippen molar-refractivity contribution in [3.63, 3.8) is 0 Å². The predicted molar refractivity (Wildman–Crippen MR) is 86.5 cm³/mol. The summed E-state index contributed by atoms with van der Waals surface area (Å²) < 4.78 is 0. The summed E-state index contributed by atoms with van der Waals surface area (Å²) in [6.45, 7) is 8.06. The van der Waals surface area contributed by atoms with Crippen LogP contribution in [0.3, 0.4) is 0 Å². The largest absolute Gasteiger partial charge is 0.342 e. The highest BCUT2D eigenvalue weighted by atomic mass is 16.2. The van der Waals surface area contributed by atoms with Crippen LogP contribution in [0.5, 0.6) is 0 Å². The smallest absolute Gasteiger partial charge is 0.225 e. The Bertz CT molecular complexity index is 503. The van der Waals surface area contributed by atoms with Crippen molar-refractivity contribution in [3.05, 3.63) is 18.5 Å². The van der Waals surface area contributed by atoms with E-state index < -0.39 is 0 Å². The predicted octanol–water partition coefficient (Wildman–Crippen LogP) is 2.20. The van der Waals surface area contributed by atoms with Gasteiger partial charge in [0.1, 0.15) is 0 Å². The fourth-order valence-corrected chi connectivity index (χ4v) is 3.88. The molecule has 0 N–H and O–H groups in total. The Kier molecular flexibility index (Phi) is 4.60. The number of piperidine rings is 1. The van der Waals surface area contributed by atoms with Crippen LogP contribution in [-0.2, 0) is 4.79 Å². The average molecular weight is 302 g/mol. The fourth-order valence-electron chi connectivity index (χ4n) is 3.88. The van der Waals surface area contributed by atoms with E-state index in [0.29, 0.717) is 17.7 Å². The molecule has 120 valence electrons. The van der Waals surface area contributed by atoms with Crippen LogP contribution in [0.2, 0.25) is 0 Å². The van der Waals surface area contributed by atoms with Gasteiger partial charge in [0.15, 0.2) is 0 Å². The van der Waals surface area contributed by atoms with Gasteiger partial charge in [-0.1, -0.05) is 13.8 Å². The van der Waals surface area contributed by atoms with E-state index in [1.165, 1.54) is 0 Å². The lowest BCUT2D eigenvalue weighted by Crippen LogP contribution is -2.40. The first-order chi connectivity index (χ1) is 10.7. The highest BCUT2D eigenvalue weighted by molar-refractivity contribution is 5.79. The van der Waals surface area contributed by atoms with Gasteiger partial charge in [0.2, 0.25) is 11.9 Å². The van der Waals surface area contributed by atoms with Gasteiger partial charge in [-0.05, 0) is 37.2 Å². The number of aromatic nitrogens is 2. The van der Waals surface area contributed by atoms with E-state index >= 15 is 0 Å². The van der Waals surface area contributed by atoms with Crippen molar-refractivity contribution in [2.45, 2.75) is 33.1 Å². The first kappa shape index (κ1) is 15.3. The molecule has 1 aromatic rings. The van der Waals surface area contributed by atoms with Crippen LogP contribution in [0.25, 0.3) is 0 Å². The Balaban J connectivity index is 1.63. The van der Waals surface area contributed by atoms with Gasteiger partial charge in [0, 0.05) is 44.5 Å². The maximum atomic E-state index is 12.6. The number of likely N-dealkylation sites (tertiary alicyclic amines) is 1. The number of carbonyl (C=O) groups excluding carboxylic acids is 1. The van der Waals surface area contributed by atoms with Crippen LogP contribution in [-0.4, -0.2) is 47.0 Å². The van der Waals surface area contributed by atoms with Crippen molar-refractivity contribution in [2.24, 2.45) is 17.8 Å². The van der Waals surface area contributed by atoms with E-state index in [1.54, 1.807) is 12.4 Å². The molecule has 0 radical (unpaired) electrons. The molecule has 0 unspecified atom stereocenters.